The molecule has 0 amide bonds. The second kappa shape index (κ2) is 13.0. The van der Waals surface area contributed by atoms with Gasteiger partial charge in [0, 0.05) is 35.9 Å². The van der Waals surface area contributed by atoms with E-state index in [0.717, 1.165) is 42.8 Å². The van der Waals surface area contributed by atoms with Crippen LogP contribution in [-0.2, 0) is 21.0 Å². The lowest BCUT2D eigenvalue weighted by molar-refractivity contribution is -0.143. The highest BCUT2D eigenvalue weighted by molar-refractivity contribution is 7.90. The Labute approximate surface area is 276 Å². The largest absolute Gasteiger partial charge is 0.495 e. The number of nitrogens with one attached hydrogen (secondary N) is 2. The standard InChI is InChI=1S/C36H44FN3O4S2/c1-43-32-21-34(46(2,41)42)29(37)20-31(32)38-16-4-7-33-28(19-24-8-9-24)27-5-3-6-30(35(27)45-33)39-25-10-12-26(13-11-25)40-17-14-36(15-18-40)22-44-23-36/h3,5-6,20-21,24-26,38-39H,8-19,22-23H2,1-2H3. The van der Waals surface area contributed by atoms with Gasteiger partial charge in [0.25, 0.3) is 0 Å². The number of methoxy groups -OCH3 is 1. The molecule has 2 saturated carbocycles. The summed E-state index contributed by atoms with van der Waals surface area (Å²) in [6.07, 6.45) is 12.0. The van der Waals surface area contributed by atoms with Gasteiger partial charge in [-0.15, -0.1) is 11.3 Å². The maximum Gasteiger partial charge on any atom is 0.178 e. The topological polar surface area (TPSA) is 79.9 Å². The third kappa shape index (κ3) is 6.75. The van der Waals surface area contributed by atoms with E-state index in [-0.39, 0.29) is 17.2 Å². The van der Waals surface area contributed by atoms with E-state index in [1.54, 1.807) is 11.3 Å². The van der Waals surface area contributed by atoms with Crippen molar-refractivity contribution in [1.82, 2.24) is 4.90 Å². The fourth-order valence-electron chi connectivity index (χ4n) is 7.44. The van der Waals surface area contributed by atoms with E-state index in [9.17, 15) is 12.8 Å². The zero-order chi connectivity index (χ0) is 31.9. The van der Waals surface area contributed by atoms with Crippen molar-refractivity contribution in [3.8, 4) is 17.6 Å². The molecule has 2 saturated heterocycles. The minimum atomic E-state index is -3.71. The molecular formula is C36H44FN3O4S2. The molecular weight excluding hydrogens is 622 g/mol. The average molecular weight is 666 g/mol. The van der Waals surface area contributed by atoms with Crippen LogP contribution in [0.15, 0.2) is 35.2 Å². The highest BCUT2D eigenvalue weighted by Crippen LogP contribution is 2.43. The van der Waals surface area contributed by atoms with Gasteiger partial charge in [-0.25, -0.2) is 12.8 Å². The van der Waals surface area contributed by atoms with Gasteiger partial charge in [0.2, 0.25) is 0 Å². The summed E-state index contributed by atoms with van der Waals surface area (Å²) >= 11 is 1.77. The van der Waals surface area contributed by atoms with Crippen LogP contribution >= 0.6 is 11.3 Å². The predicted molar refractivity (Wildman–Crippen MR) is 183 cm³/mol. The SMILES string of the molecule is COc1cc(S(C)(=O)=O)c(F)cc1NCC#Cc1sc2c(NC3CCC(N4CCC5(CC4)COC5)CC3)cccc2c1CC1CC1. The molecule has 1 aromatic heterocycles. The molecule has 1 spiro atoms. The molecule has 4 fully saturated rings. The first-order valence-electron chi connectivity index (χ1n) is 16.6. The summed E-state index contributed by atoms with van der Waals surface area (Å²) in [5, 5.41) is 8.35. The molecule has 2 aromatic carbocycles. The van der Waals surface area contributed by atoms with Gasteiger partial charge in [-0.2, -0.15) is 0 Å². The average Bonchev–Trinajstić information content (AvgIpc) is 3.78. The van der Waals surface area contributed by atoms with Crippen LogP contribution < -0.4 is 15.4 Å². The number of rotatable bonds is 9. The number of anilines is 2. The second-order valence-corrected chi connectivity index (χ2v) is 16.8. The number of thiophene rings is 1. The Morgan fingerprint density at radius 2 is 1.85 bits per heavy atom. The minimum Gasteiger partial charge on any atom is -0.495 e. The van der Waals surface area contributed by atoms with Gasteiger partial charge in [0.05, 0.1) is 47.8 Å². The first-order chi connectivity index (χ1) is 22.2. The molecule has 4 aliphatic rings. The fraction of sp³-hybridized carbons (Fsp3) is 0.556. The zero-order valence-corrected chi connectivity index (χ0v) is 28.4. The van der Waals surface area contributed by atoms with Gasteiger partial charge < -0.3 is 25.0 Å². The van der Waals surface area contributed by atoms with Crippen LogP contribution in [0.4, 0.5) is 15.8 Å². The normalized spacial score (nSPS) is 23.0. The Bertz CT molecular complexity index is 1750. The third-order valence-corrected chi connectivity index (χ3v) is 12.8. The van der Waals surface area contributed by atoms with Gasteiger partial charge in [-0.1, -0.05) is 24.0 Å². The number of nitrogens with zero attached hydrogens (tertiary/aromatic N) is 1. The van der Waals surface area contributed by atoms with Crippen molar-refractivity contribution in [3.05, 3.63) is 46.6 Å². The van der Waals surface area contributed by atoms with E-state index in [4.69, 9.17) is 9.47 Å². The van der Waals surface area contributed by atoms with Crippen molar-refractivity contribution in [2.75, 3.05) is 56.8 Å². The number of halogens is 1. The molecule has 0 radical (unpaired) electrons. The van der Waals surface area contributed by atoms with Crippen molar-refractivity contribution in [3.63, 3.8) is 0 Å². The van der Waals surface area contributed by atoms with Crippen LogP contribution in [0.5, 0.6) is 5.75 Å². The lowest BCUT2D eigenvalue weighted by atomic mass is 9.76. The highest BCUT2D eigenvalue weighted by atomic mass is 32.2. The van der Waals surface area contributed by atoms with Crippen molar-refractivity contribution >= 4 is 42.6 Å². The lowest BCUT2D eigenvalue weighted by Gasteiger charge is -2.49. The number of likely N-dealkylation sites (tertiary alicyclic amines) is 1. The molecule has 3 heterocycles. The Morgan fingerprint density at radius 1 is 1.09 bits per heavy atom. The van der Waals surface area contributed by atoms with Crippen LogP contribution in [0.1, 0.15) is 61.8 Å². The summed E-state index contributed by atoms with van der Waals surface area (Å²) < 4.78 is 50.6. The monoisotopic (exact) mass is 665 g/mol. The zero-order valence-electron chi connectivity index (χ0n) is 26.8. The highest BCUT2D eigenvalue weighted by Gasteiger charge is 2.42. The quantitative estimate of drug-likeness (QED) is 0.246. The number of hydrogen-bond acceptors (Lipinski definition) is 8. The fourth-order valence-corrected chi connectivity index (χ4v) is 9.35. The molecule has 0 unspecified atom stereocenters. The summed E-state index contributed by atoms with van der Waals surface area (Å²) in [7, 11) is -2.28. The maximum atomic E-state index is 14.6. The summed E-state index contributed by atoms with van der Waals surface area (Å²) in [4.78, 5) is 3.46. The first-order valence-corrected chi connectivity index (χ1v) is 19.4. The van der Waals surface area contributed by atoms with Crippen LogP contribution in [-0.4, -0.2) is 71.6 Å². The Morgan fingerprint density at radius 3 is 2.50 bits per heavy atom. The van der Waals surface area contributed by atoms with E-state index >= 15 is 0 Å². The van der Waals surface area contributed by atoms with E-state index in [0.29, 0.717) is 23.2 Å². The molecule has 3 aromatic rings. The van der Waals surface area contributed by atoms with Gasteiger partial charge in [-0.3, -0.25) is 0 Å². The molecule has 10 heteroatoms. The third-order valence-electron chi connectivity index (χ3n) is 10.5. The molecule has 7 nitrogen and oxygen atoms in total. The van der Waals surface area contributed by atoms with Crippen LogP contribution in [0, 0.1) is 29.0 Å². The number of piperidine rings is 1. The number of benzene rings is 2. The molecule has 46 heavy (non-hydrogen) atoms. The summed E-state index contributed by atoms with van der Waals surface area (Å²) in [5.41, 5.74) is 3.41. The predicted octanol–water partition coefficient (Wildman–Crippen LogP) is 6.70. The van der Waals surface area contributed by atoms with Crippen molar-refractivity contribution in [2.45, 2.75) is 74.8 Å². The van der Waals surface area contributed by atoms with Gasteiger partial charge in [-0.05, 0) is 93.8 Å². The molecule has 2 aliphatic carbocycles. The van der Waals surface area contributed by atoms with Crippen molar-refractivity contribution in [2.24, 2.45) is 11.3 Å². The van der Waals surface area contributed by atoms with Gasteiger partial charge in [0.15, 0.2) is 9.84 Å². The van der Waals surface area contributed by atoms with E-state index < -0.39 is 15.7 Å². The maximum absolute atomic E-state index is 14.6. The van der Waals surface area contributed by atoms with E-state index in [1.165, 1.54) is 99.0 Å². The van der Waals surface area contributed by atoms with E-state index in [2.05, 4.69) is 45.6 Å². The minimum absolute atomic E-state index is 0.262. The first kappa shape index (κ1) is 31.7. The Balaban J connectivity index is 1.03. The molecule has 0 bridgehead atoms. The molecule has 7 rings (SSSR count). The van der Waals surface area contributed by atoms with E-state index in [1.807, 2.05) is 0 Å². The van der Waals surface area contributed by atoms with Crippen molar-refractivity contribution < 1.29 is 22.3 Å². The summed E-state index contributed by atoms with van der Waals surface area (Å²) in [6, 6.07) is 10.2. The number of sulfone groups is 1. The summed E-state index contributed by atoms with van der Waals surface area (Å²) in [5.74, 6) is 6.82. The van der Waals surface area contributed by atoms with Gasteiger partial charge in [0.1, 0.15) is 16.5 Å². The second-order valence-electron chi connectivity index (χ2n) is 13.8. The molecule has 2 N–H and O–H groups in total. The number of fused-ring (bicyclic) bond motifs is 1. The van der Waals surface area contributed by atoms with Crippen LogP contribution in [0.2, 0.25) is 0 Å². The van der Waals surface area contributed by atoms with Gasteiger partial charge >= 0.3 is 0 Å². The number of hydrogen-bond donors (Lipinski definition) is 2. The molecule has 0 atom stereocenters. The summed E-state index contributed by atoms with van der Waals surface area (Å²) in [6.45, 7) is 4.66. The van der Waals surface area contributed by atoms with Crippen molar-refractivity contribution in [1.29, 1.82) is 0 Å². The Hall–Kier alpha value is -2.84. The molecule has 2 aliphatic heterocycles. The Kier molecular flexibility index (Phi) is 8.96. The number of ether oxygens (including phenoxy) is 2. The molecule has 246 valence electrons. The smallest absolute Gasteiger partial charge is 0.178 e. The lowest BCUT2D eigenvalue weighted by Crippen LogP contribution is -2.53. The van der Waals surface area contributed by atoms with Crippen LogP contribution in [0.3, 0.4) is 0 Å². The van der Waals surface area contributed by atoms with Crippen LogP contribution in [0.25, 0.3) is 10.1 Å².